The first-order valence-electron chi connectivity index (χ1n) is 7.48. The van der Waals surface area contributed by atoms with Gasteiger partial charge in [0.15, 0.2) is 0 Å². The summed E-state index contributed by atoms with van der Waals surface area (Å²) in [6.45, 7) is 2.46. The van der Waals surface area contributed by atoms with Crippen molar-refractivity contribution in [3.8, 4) is 5.75 Å². The lowest BCUT2D eigenvalue weighted by atomic mass is 9.82. The van der Waals surface area contributed by atoms with Crippen molar-refractivity contribution in [2.75, 3.05) is 19.7 Å². The van der Waals surface area contributed by atoms with Crippen LogP contribution < -0.4 is 10.1 Å². The molecule has 1 saturated heterocycles. The van der Waals surface area contributed by atoms with Crippen LogP contribution >= 0.6 is 0 Å². The SMILES string of the molecule is c1ccc(OC2(C3CCCCC3)CNCCO2)cc1. The summed E-state index contributed by atoms with van der Waals surface area (Å²) < 4.78 is 12.4. The van der Waals surface area contributed by atoms with E-state index in [4.69, 9.17) is 9.47 Å². The van der Waals surface area contributed by atoms with Gasteiger partial charge in [-0.3, -0.25) is 0 Å². The normalized spacial score (nSPS) is 29.1. The summed E-state index contributed by atoms with van der Waals surface area (Å²) in [6, 6.07) is 10.1. The predicted octanol–water partition coefficient (Wildman–Crippen LogP) is 2.96. The summed E-state index contributed by atoms with van der Waals surface area (Å²) in [5.41, 5.74) is 0. The maximum Gasteiger partial charge on any atom is 0.225 e. The van der Waals surface area contributed by atoms with Crippen molar-refractivity contribution in [1.29, 1.82) is 0 Å². The van der Waals surface area contributed by atoms with Crippen molar-refractivity contribution < 1.29 is 9.47 Å². The van der Waals surface area contributed by atoms with Gasteiger partial charge >= 0.3 is 0 Å². The van der Waals surface area contributed by atoms with Crippen LogP contribution in [0.2, 0.25) is 0 Å². The van der Waals surface area contributed by atoms with E-state index in [1.54, 1.807) is 0 Å². The van der Waals surface area contributed by atoms with Crippen LogP contribution in [-0.4, -0.2) is 25.5 Å². The van der Waals surface area contributed by atoms with Gasteiger partial charge in [0.25, 0.3) is 0 Å². The van der Waals surface area contributed by atoms with Crippen LogP contribution in [0.3, 0.4) is 0 Å². The maximum absolute atomic E-state index is 6.30. The Balaban J connectivity index is 1.79. The molecule has 3 heteroatoms. The molecule has 3 nitrogen and oxygen atoms in total. The quantitative estimate of drug-likeness (QED) is 0.907. The maximum atomic E-state index is 6.30. The number of hydrogen-bond donors (Lipinski definition) is 1. The highest BCUT2D eigenvalue weighted by atomic mass is 16.7. The molecule has 0 aromatic heterocycles. The lowest BCUT2D eigenvalue weighted by Gasteiger charge is -2.44. The molecular weight excluding hydrogens is 238 g/mol. The molecule has 0 bridgehead atoms. The van der Waals surface area contributed by atoms with E-state index in [2.05, 4.69) is 5.32 Å². The van der Waals surface area contributed by atoms with Crippen molar-refractivity contribution in [1.82, 2.24) is 5.32 Å². The van der Waals surface area contributed by atoms with Gasteiger partial charge in [0, 0.05) is 12.5 Å². The zero-order chi connectivity index (χ0) is 13.0. The molecule has 0 radical (unpaired) electrons. The molecule has 0 spiro atoms. The molecule has 1 unspecified atom stereocenters. The van der Waals surface area contributed by atoms with E-state index in [9.17, 15) is 0 Å². The standard InChI is InChI=1S/C16H23NO2/c1-3-7-14(8-4-1)16(13-17-11-12-18-16)19-15-9-5-2-6-10-15/h2,5-6,9-10,14,17H,1,3-4,7-8,11-13H2. The summed E-state index contributed by atoms with van der Waals surface area (Å²) in [5, 5.41) is 3.44. The molecule has 1 aromatic carbocycles. The van der Waals surface area contributed by atoms with Crippen LogP contribution in [0.15, 0.2) is 30.3 Å². The van der Waals surface area contributed by atoms with Gasteiger partial charge in [0.1, 0.15) is 5.75 Å². The van der Waals surface area contributed by atoms with Crippen LogP contribution in [-0.2, 0) is 4.74 Å². The second kappa shape index (κ2) is 5.93. The van der Waals surface area contributed by atoms with Gasteiger partial charge in [-0.25, -0.2) is 0 Å². The highest BCUT2D eigenvalue weighted by Gasteiger charge is 2.44. The van der Waals surface area contributed by atoms with Gasteiger partial charge in [-0.05, 0) is 25.0 Å². The Morgan fingerprint density at radius 1 is 1.11 bits per heavy atom. The van der Waals surface area contributed by atoms with E-state index >= 15 is 0 Å². The zero-order valence-corrected chi connectivity index (χ0v) is 11.4. The Morgan fingerprint density at radius 2 is 1.89 bits per heavy atom. The Labute approximate surface area is 115 Å². The molecule has 1 aliphatic heterocycles. The molecule has 1 saturated carbocycles. The van der Waals surface area contributed by atoms with Crippen LogP contribution in [0.5, 0.6) is 5.75 Å². The van der Waals surface area contributed by atoms with Gasteiger partial charge in [-0.15, -0.1) is 0 Å². The molecule has 1 aromatic rings. The number of hydrogen-bond acceptors (Lipinski definition) is 3. The predicted molar refractivity (Wildman–Crippen MR) is 75.2 cm³/mol. The highest BCUT2D eigenvalue weighted by molar-refractivity contribution is 5.22. The Bertz CT molecular complexity index is 381. The lowest BCUT2D eigenvalue weighted by Crippen LogP contribution is -2.58. The molecule has 1 N–H and O–H groups in total. The zero-order valence-electron chi connectivity index (χ0n) is 11.4. The minimum Gasteiger partial charge on any atom is -0.461 e. The van der Waals surface area contributed by atoms with Crippen LogP contribution in [0.4, 0.5) is 0 Å². The molecule has 1 heterocycles. The van der Waals surface area contributed by atoms with Crippen LogP contribution in [0.1, 0.15) is 32.1 Å². The van der Waals surface area contributed by atoms with E-state index in [1.165, 1.54) is 32.1 Å². The minimum atomic E-state index is -0.458. The number of ether oxygens (including phenoxy) is 2. The summed E-state index contributed by atoms with van der Waals surface area (Å²) in [6.07, 6.45) is 6.39. The molecule has 19 heavy (non-hydrogen) atoms. The van der Waals surface area contributed by atoms with Gasteiger partial charge < -0.3 is 14.8 Å². The number of rotatable bonds is 3. The highest BCUT2D eigenvalue weighted by Crippen LogP contribution is 2.37. The number of benzene rings is 1. The van der Waals surface area contributed by atoms with Crippen molar-refractivity contribution in [3.05, 3.63) is 30.3 Å². The van der Waals surface area contributed by atoms with Gasteiger partial charge in [-0.1, -0.05) is 37.5 Å². The van der Waals surface area contributed by atoms with Crippen LogP contribution in [0, 0.1) is 5.92 Å². The minimum absolute atomic E-state index is 0.458. The third-order valence-electron chi connectivity index (χ3n) is 4.26. The summed E-state index contributed by atoms with van der Waals surface area (Å²) in [4.78, 5) is 0. The van der Waals surface area contributed by atoms with Crippen molar-refractivity contribution >= 4 is 0 Å². The Kier molecular flexibility index (Phi) is 4.04. The van der Waals surface area contributed by atoms with Crippen molar-refractivity contribution in [2.45, 2.75) is 37.9 Å². The molecule has 104 valence electrons. The molecule has 2 fully saturated rings. The third kappa shape index (κ3) is 2.93. The topological polar surface area (TPSA) is 30.5 Å². The van der Waals surface area contributed by atoms with E-state index < -0.39 is 5.79 Å². The summed E-state index contributed by atoms with van der Waals surface area (Å²) >= 11 is 0. The van der Waals surface area contributed by atoms with E-state index in [0.29, 0.717) is 5.92 Å². The second-order valence-corrected chi connectivity index (χ2v) is 5.59. The smallest absolute Gasteiger partial charge is 0.225 e. The molecule has 1 aliphatic carbocycles. The molecule has 0 amide bonds. The van der Waals surface area contributed by atoms with E-state index in [-0.39, 0.29) is 0 Å². The number of morpholine rings is 1. The van der Waals surface area contributed by atoms with Crippen molar-refractivity contribution in [2.24, 2.45) is 5.92 Å². The summed E-state index contributed by atoms with van der Waals surface area (Å²) in [7, 11) is 0. The van der Waals surface area contributed by atoms with Crippen LogP contribution in [0.25, 0.3) is 0 Å². The first kappa shape index (κ1) is 12.9. The second-order valence-electron chi connectivity index (χ2n) is 5.59. The lowest BCUT2D eigenvalue weighted by molar-refractivity contribution is -0.232. The fraction of sp³-hybridized carbons (Fsp3) is 0.625. The molecule has 1 atom stereocenters. The Morgan fingerprint density at radius 3 is 2.58 bits per heavy atom. The molecule has 3 rings (SSSR count). The third-order valence-corrected chi connectivity index (χ3v) is 4.26. The average Bonchev–Trinajstić information content (AvgIpc) is 2.50. The van der Waals surface area contributed by atoms with E-state index in [0.717, 1.165) is 25.4 Å². The van der Waals surface area contributed by atoms with E-state index in [1.807, 2.05) is 30.3 Å². The monoisotopic (exact) mass is 261 g/mol. The summed E-state index contributed by atoms with van der Waals surface area (Å²) in [5.74, 6) is 0.964. The first-order valence-corrected chi connectivity index (χ1v) is 7.48. The average molecular weight is 261 g/mol. The van der Waals surface area contributed by atoms with Gasteiger partial charge in [0.05, 0.1) is 13.2 Å². The van der Waals surface area contributed by atoms with Gasteiger partial charge in [-0.2, -0.15) is 0 Å². The fourth-order valence-corrected chi connectivity index (χ4v) is 3.25. The first-order chi connectivity index (χ1) is 9.39. The van der Waals surface area contributed by atoms with Crippen molar-refractivity contribution in [3.63, 3.8) is 0 Å². The number of para-hydroxylation sites is 1. The molecular formula is C16H23NO2. The fourth-order valence-electron chi connectivity index (χ4n) is 3.25. The number of nitrogens with one attached hydrogen (secondary N) is 1. The largest absolute Gasteiger partial charge is 0.461 e. The Hall–Kier alpha value is -1.06. The van der Waals surface area contributed by atoms with Gasteiger partial charge in [0.2, 0.25) is 5.79 Å². The molecule has 2 aliphatic rings.